The molecule has 0 spiro atoms. The lowest BCUT2D eigenvalue weighted by Gasteiger charge is -2.21. The topological polar surface area (TPSA) is 34.2 Å². The Morgan fingerprint density at radius 2 is 2.22 bits per heavy atom. The molecule has 3 nitrogen and oxygen atoms in total. The monoisotopic (exact) mass is 262 g/mol. The second kappa shape index (κ2) is 4.41. The quantitative estimate of drug-likeness (QED) is 0.856. The summed E-state index contributed by atoms with van der Waals surface area (Å²) in [4.78, 5) is 4.78. The first kappa shape index (κ1) is 11.8. The number of benzene rings is 1. The van der Waals surface area contributed by atoms with Crippen molar-refractivity contribution in [3.8, 4) is 0 Å². The molecule has 1 aliphatic rings. The summed E-state index contributed by atoms with van der Waals surface area (Å²) in [6.45, 7) is 3.40. The third-order valence-corrected chi connectivity index (χ3v) is 3.92. The highest BCUT2D eigenvalue weighted by Crippen LogP contribution is 2.34. The van der Waals surface area contributed by atoms with Gasteiger partial charge in [0.15, 0.2) is 0 Å². The number of fused-ring (bicyclic) bond motifs is 2. The van der Waals surface area contributed by atoms with Crippen LogP contribution in [0.2, 0.25) is 5.02 Å². The van der Waals surface area contributed by atoms with Crippen molar-refractivity contribution in [2.45, 2.75) is 20.0 Å². The predicted octanol–water partition coefficient (Wildman–Crippen LogP) is 3.31. The number of halogens is 1. The maximum Gasteiger partial charge on any atom is 0.0770 e. The first-order valence-corrected chi connectivity index (χ1v) is 6.46. The van der Waals surface area contributed by atoms with Gasteiger partial charge in [0.25, 0.3) is 0 Å². The van der Waals surface area contributed by atoms with Crippen molar-refractivity contribution in [1.82, 2.24) is 4.98 Å². The number of ether oxygens (including phenoxy) is 1. The van der Waals surface area contributed by atoms with Crippen LogP contribution in [-0.2, 0) is 17.8 Å². The van der Waals surface area contributed by atoms with Crippen LogP contribution in [0.15, 0.2) is 12.1 Å². The molecule has 94 valence electrons. The number of hydrogen-bond donors (Lipinski definition) is 1. The molecule has 4 heteroatoms. The Morgan fingerprint density at radius 3 is 3.00 bits per heavy atom. The van der Waals surface area contributed by atoms with E-state index in [4.69, 9.17) is 21.3 Å². The summed E-state index contributed by atoms with van der Waals surface area (Å²) in [5, 5.41) is 5.16. The minimum Gasteiger partial charge on any atom is -0.387 e. The van der Waals surface area contributed by atoms with Gasteiger partial charge in [-0.2, -0.15) is 0 Å². The molecule has 2 aromatic rings. The molecule has 1 aliphatic heterocycles. The van der Waals surface area contributed by atoms with Gasteiger partial charge in [-0.25, -0.2) is 0 Å². The van der Waals surface area contributed by atoms with Gasteiger partial charge in [-0.3, -0.25) is 4.98 Å². The Morgan fingerprint density at radius 1 is 1.39 bits per heavy atom. The fourth-order valence-corrected chi connectivity index (χ4v) is 2.67. The highest BCUT2D eigenvalue weighted by Gasteiger charge is 2.19. The highest BCUT2D eigenvalue weighted by atomic mass is 35.5. The molecule has 0 atom stereocenters. The van der Waals surface area contributed by atoms with E-state index in [0.717, 1.165) is 45.9 Å². The molecule has 2 heterocycles. The third kappa shape index (κ3) is 1.66. The first-order chi connectivity index (χ1) is 8.72. The summed E-state index contributed by atoms with van der Waals surface area (Å²) in [7, 11) is 1.94. The van der Waals surface area contributed by atoms with Crippen LogP contribution < -0.4 is 5.32 Å². The SMILES string of the molecule is CNc1c2c(nc3c(C)c(Cl)ccc13)CCOC2. The van der Waals surface area contributed by atoms with E-state index in [9.17, 15) is 0 Å². The lowest BCUT2D eigenvalue weighted by molar-refractivity contribution is 0.110. The lowest BCUT2D eigenvalue weighted by atomic mass is 10.0. The van der Waals surface area contributed by atoms with Crippen LogP contribution in [0.4, 0.5) is 5.69 Å². The van der Waals surface area contributed by atoms with Crippen LogP contribution in [-0.4, -0.2) is 18.6 Å². The van der Waals surface area contributed by atoms with Gasteiger partial charge in [0.1, 0.15) is 0 Å². The Balaban J connectivity index is 2.40. The maximum atomic E-state index is 6.18. The fraction of sp³-hybridized carbons (Fsp3) is 0.357. The number of anilines is 1. The van der Waals surface area contributed by atoms with Gasteiger partial charge in [-0.15, -0.1) is 0 Å². The normalized spacial score (nSPS) is 14.6. The predicted molar refractivity (Wildman–Crippen MR) is 74.4 cm³/mol. The maximum absolute atomic E-state index is 6.18. The van der Waals surface area contributed by atoms with Crippen molar-refractivity contribution in [2.75, 3.05) is 19.0 Å². The molecular formula is C14H15ClN2O. The zero-order valence-electron chi connectivity index (χ0n) is 10.5. The largest absolute Gasteiger partial charge is 0.387 e. The highest BCUT2D eigenvalue weighted by molar-refractivity contribution is 6.32. The number of rotatable bonds is 1. The van der Waals surface area contributed by atoms with Gasteiger partial charge >= 0.3 is 0 Å². The minimum absolute atomic E-state index is 0.635. The Labute approximate surface area is 111 Å². The molecule has 3 rings (SSSR count). The van der Waals surface area contributed by atoms with Crippen LogP contribution in [0.3, 0.4) is 0 Å². The molecular weight excluding hydrogens is 248 g/mol. The van der Waals surface area contributed by atoms with Crippen LogP contribution in [0.25, 0.3) is 10.9 Å². The lowest BCUT2D eigenvalue weighted by Crippen LogP contribution is -2.14. The fourth-order valence-electron chi connectivity index (χ4n) is 2.52. The molecule has 0 fully saturated rings. The molecule has 0 amide bonds. The molecule has 0 bridgehead atoms. The van der Waals surface area contributed by atoms with E-state index in [2.05, 4.69) is 5.32 Å². The summed E-state index contributed by atoms with van der Waals surface area (Å²) in [5.41, 5.74) is 5.46. The average molecular weight is 263 g/mol. The third-order valence-electron chi connectivity index (χ3n) is 3.51. The molecule has 1 aromatic heterocycles. The summed E-state index contributed by atoms with van der Waals surface area (Å²) >= 11 is 6.18. The number of aromatic nitrogens is 1. The van der Waals surface area contributed by atoms with Crippen molar-refractivity contribution < 1.29 is 4.74 Å². The van der Waals surface area contributed by atoms with Crippen molar-refractivity contribution in [1.29, 1.82) is 0 Å². The summed E-state index contributed by atoms with van der Waals surface area (Å²) in [5.74, 6) is 0. The zero-order chi connectivity index (χ0) is 12.7. The van der Waals surface area contributed by atoms with Crippen molar-refractivity contribution in [2.24, 2.45) is 0 Å². The van der Waals surface area contributed by atoms with E-state index >= 15 is 0 Å². The number of aryl methyl sites for hydroxylation is 1. The van der Waals surface area contributed by atoms with Crippen molar-refractivity contribution >= 4 is 28.2 Å². The van der Waals surface area contributed by atoms with Gasteiger partial charge in [-0.05, 0) is 24.6 Å². The number of nitrogens with one attached hydrogen (secondary N) is 1. The van der Waals surface area contributed by atoms with Gasteiger partial charge in [-0.1, -0.05) is 11.6 Å². The minimum atomic E-state index is 0.635. The Bertz CT molecular complexity index is 625. The van der Waals surface area contributed by atoms with Gasteiger partial charge < -0.3 is 10.1 Å². The molecule has 0 saturated heterocycles. The molecule has 0 radical (unpaired) electrons. The first-order valence-electron chi connectivity index (χ1n) is 6.08. The summed E-state index contributed by atoms with van der Waals surface area (Å²) < 4.78 is 5.54. The Kier molecular flexibility index (Phi) is 2.88. The van der Waals surface area contributed by atoms with Crippen LogP contribution in [0.5, 0.6) is 0 Å². The molecule has 1 N–H and O–H groups in total. The van der Waals surface area contributed by atoms with E-state index in [0.29, 0.717) is 6.61 Å². The molecule has 1 aromatic carbocycles. The van der Waals surface area contributed by atoms with Crippen LogP contribution >= 0.6 is 11.6 Å². The van der Waals surface area contributed by atoms with E-state index < -0.39 is 0 Å². The Hall–Kier alpha value is -1.32. The average Bonchev–Trinajstić information content (AvgIpc) is 2.41. The number of pyridine rings is 1. The van der Waals surface area contributed by atoms with Crippen molar-refractivity contribution in [3.63, 3.8) is 0 Å². The van der Waals surface area contributed by atoms with Gasteiger partial charge in [0.2, 0.25) is 0 Å². The van der Waals surface area contributed by atoms with Gasteiger partial charge in [0, 0.05) is 29.4 Å². The van der Waals surface area contributed by atoms with E-state index in [1.165, 1.54) is 5.56 Å². The summed E-state index contributed by atoms with van der Waals surface area (Å²) in [6.07, 6.45) is 0.867. The number of nitrogens with zero attached hydrogens (tertiary/aromatic N) is 1. The second-order valence-electron chi connectivity index (χ2n) is 4.53. The zero-order valence-corrected chi connectivity index (χ0v) is 11.3. The van der Waals surface area contributed by atoms with E-state index in [1.807, 2.05) is 26.1 Å². The smallest absolute Gasteiger partial charge is 0.0770 e. The second-order valence-corrected chi connectivity index (χ2v) is 4.94. The van der Waals surface area contributed by atoms with Crippen LogP contribution in [0, 0.1) is 6.92 Å². The molecule has 0 saturated carbocycles. The molecule has 18 heavy (non-hydrogen) atoms. The number of hydrogen-bond acceptors (Lipinski definition) is 3. The standard InChI is InChI=1S/C14H15ClN2O/c1-8-11(15)4-3-9-13(8)17-12-5-6-18-7-10(12)14(9)16-2/h3-4H,5-7H2,1-2H3,(H,16,17). The van der Waals surface area contributed by atoms with E-state index in [1.54, 1.807) is 0 Å². The van der Waals surface area contributed by atoms with E-state index in [-0.39, 0.29) is 0 Å². The molecule has 0 unspecified atom stereocenters. The van der Waals surface area contributed by atoms with Gasteiger partial charge in [0.05, 0.1) is 30.1 Å². The van der Waals surface area contributed by atoms with Crippen LogP contribution in [0.1, 0.15) is 16.8 Å². The summed E-state index contributed by atoms with van der Waals surface area (Å²) in [6, 6.07) is 3.95. The molecule has 0 aliphatic carbocycles. The van der Waals surface area contributed by atoms with Crippen molar-refractivity contribution in [3.05, 3.63) is 34.0 Å².